The highest BCUT2D eigenvalue weighted by atomic mass is 32.2. The van der Waals surface area contributed by atoms with Gasteiger partial charge in [0.2, 0.25) is 10.9 Å². The molecular formula is C24H22N4O4S2. The number of thioether (sulfide) groups is 1. The third-order valence-electron chi connectivity index (χ3n) is 4.65. The van der Waals surface area contributed by atoms with Gasteiger partial charge in [0, 0.05) is 23.1 Å². The third-order valence-corrected chi connectivity index (χ3v) is 6.63. The van der Waals surface area contributed by atoms with Crippen molar-refractivity contribution in [1.82, 2.24) is 14.6 Å². The summed E-state index contributed by atoms with van der Waals surface area (Å²) in [5.41, 5.74) is 0.827. The van der Waals surface area contributed by atoms with Crippen LogP contribution in [-0.2, 0) is 22.6 Å². The zero-order chi connectivity index (χ0) is 23.9. The molecule has 2 aromatic heterocycles. The molecule has 0 aliphatic carbocycles. The lowest BCUT2D eigenvalue weighted by Crippen LogP contribution is -2.17. The van der Waals surface area contributed by atoms with Crippen molar-refractivity contribution in [2.24, 2.45) is 0 Å². The second kappa shape index (κ2) is 11.1. The van der Waals surface area contributed by atoms with Gasteiger partial charge < -0.3 is 10.1 Å². The Hall–Kier alpha value is -3.50. The molecule has 0 aliphatic heterocycles. The zero-order valence-electron chi connectivity index (χ0n) is 18.4. The Balaban J connectivity index is 1.35. The summed E-state index contributed by atoms with van der Waals surface area (Å²) in [7, 11) is 0. The molecule has 4 rings (SSSR count). The van der Waals surface area contributed by atoms with E-state index < -0.39 is 5.97 Å². The number of aromatic nitrogens is 3. The number of rotatable bonds is 9. The number of esters is 1. The number of nitrogens with one attached hydrogen (secondary N) is 1. The summed E-state index contributed by atoms with van der Waals surface area (Å²) in [5.74, 6) is -0.503. The number of aryl methyl sites for hydroxylation is 1. The van der Waals surface area contributed by atoms with Gasteiger partial charge in [-0.2, -0.15) is 9.61 Å². The summed E-state index contributed by atoms with van der Waals surface area (Å²) >= 11 is 2.78. The van der Waals surface area contributed by atoms with E-state index in [1.807, 2.05) is 37.3 Å². The third kappa shape index (κ3) is 6.09. The fraction of sp³-hybridized carbons (Fsp3) is 0.208. The van der Waals surface area contributed by atoms with Crippen LogP contribution in [-0.4, -0.2) is 32.2 Å². The van der Waals surface area contributed by atoms with Gasteiger partial charge in [-0.15, -0.1) is 11.8 Å². The molecule has 0 spiro atoms. The van der Waals surface area contributed by atoms with E-state index in [-0.39, 0.29) is 29.4 Å². The smallest absolute Gasteiger partial charge is 0.338 e. The first-order valence-corrected chi connectivity index (χ1v) is 12.5. The second-order valence-corrected chi connectivity index (χ2v) is 9.42. The van der Waals surface area contributed by atoms with Crippen LogP contribution >= 0.6 is 23.1 Å². The normalized spacial score (nSPS) is 10.9. The van der Waals surface area contributed by atoms with Gasteiger partial charge in [-0.1, -0.05) is 42.5 Å². The number of benzene rings is 2. The van der Waals surface area contributed by atoms with Crippen LogP contribution in [0.15, 0.2) is 70.4 Å². The minimum Gasteiger partial charge on any atom is -0.456 e. The average molecular weight is 495 g/mol. The summed E-state index contributed by atoms with van der Waals surface area (Å²) in [5, 5.41) is 7.89. The van der Waals surface area contributed by atoms with Crippen molar-refractivity contribution in [3.05, 3.63) is 87.3 Å². The molecule has 0 aliphatic rings. The number of carbonyl (C=O) groups excluding carboxylic acids is 2. The fourth-order valence-electron chi connectivity index (χ4n) is 3.09. The zero-order valence-corrected chi connectivity index (χ0v) is 20.0. The number of ether oxygens (including phenoxy) is 1. The number of hydrogen-bond acceptors (Lipinski definition) is 8. The van der Waals surface area contributed by atoms with E-state index in [1.54, 1.807) is 24.3 Å². The Kier molecular flexibility index (Phi) is 7.71. The number of amides is 1. The van der Waals surface area contributed by atoms with Crippen molar-refractivity contribution in [3.63, 3.8) is 0 Å². The van der Waals surface area contributed by atoms with Crippen molar-refractivity contribution in [3.8, 4) is 0 Å². The van der Waals surface area contributed by atoms with E-state index in [0.29, 0.717) is 16.3 Å². The highest BCUT2D eigenvalue weighted by Gasteiger charge is 2.13. The molecule has 2 aromatic carbocycles. The SMILES string of the molecule is CCCc1nn2c(=O)cc(COC(=O)c3cccc(NC(=O)CSc4ccccc4)c3)nc2s1. The van der Waals surface area contributed by atoms with Crippen molar-refractivity contribution >= 4 is 45.6 Å². The molecule has 174 valence electrons. The Labute approximate surface area is 204 Å². The monoisotopic (exact) mass is 494 g/mol. The summed E-state index contributed by atoms with van der Waals surface area (Å²) in [4.78, 5) is 43.0. The predicted octanol–water partition coefficient (Wildman–Crippen LogP) is 4.19. The molecule has 0 fully saturated rings. The molecule has 10 heteroatoms. The molecule has 34 heavy (non-hydrogen) atoms. The Bertz CT molecular complexity index is 1370. The molecule has 2 heterocycles. The van der Waals surface area contributed by atoms with E-state index in [0.717, 1.165) is 22.7 Å². The number of hydrogen-bond donors (Lipinski definition) is 1. The molecule has 0 unspecified atom stereocenters. The van der Waals surface area contributed by atoms with E-state index in [2.05, 4.69) is 15.4 Å². The van der Waals surface area contributed by atoms with Crippen LogP contribution in [0.2, 0.25) is 0 Å². The first kappa shape index (κ1) is 23.7. The van der Waals surface area contributed by atoms with Gasteiger partial charge >= 0.3 is 5.97 Å². The van der Waals surface area contributed by atoms with Gasteiger partial charge in [0.05, 0.1) is 17.0 Å². The Morgan fingerprint density at radius 3 is 2.74 bits per heavy atom. The lowest BCUT2D eigenvalue weighted by molar-refractivity contribution is -0.113. The van der Waals surface area contributed by atoms with Crippen LogP contribution in [0.4, 0.5) is 5.69 Å². The first-order valence-electron chi connectivity index (χ1n) is 10.7. The highest BCUT2D eigenvalue weighted by Crippen LogP contribution is 2.18. The molecule has 8 nitrogen and oxygen atoms in total. The van der Waals surface area contributed by atoms with E-state index >= 15 is 0 Å². The summed E-state index contributed by atoms with van der Waals surface area (Å²) in [6, 6.07) is 17.5. The first-order chi connectivity index (χ1) is 16.5. The van der Waals surface area contributed by atoms with Crippen LogP contribution in [0.25, 0.3) is 4.96 Å². The van der Waals surface area contributed by atoms with Gasteiger partial charge in [-0.25, -0.2) is 9.78 Å². The average Bonchev–Trinajstić information content (AvgIpc) is 3.25. The van der Waals surface area contributed by atoms with E-state index in [9.17, 15) is 14.4 Å². The van der Waals surface area contributed by atoms with E-state index in [4.69, 9.17) is 4.74 Å². The van der Waals surface area contributed by atoms with Crippen LogP contribution < -0.4 is 10.9 Å². The molecule has 0 saturated heterocycles. The molecule has 1 amide bonds. The number of anilines is 1. The van der Waals surface area contributed by atoms with Crippen LogP contribution in [0.3, 0.4) is 0 Å². The van der Waals surface area contributed by atoms with Crippen molar-refractivity contribution in [1.29, 1.82) is 0 Å². The molecule has 0 saturated carbocycles. The fourth-order valence-corrected chi connectivity index (χ4v) is 4.83. The van der Waals surface area contributed by atoms with Crippen LogP contribution in [0.5, 0.6) is 0 Å². The lowest BCUT2D eigenvalue weighted by Gasteiger charge is -2.08. The number of carbonyl (C=O) groups is 2. The molecule has 0 bridgehead atoms. The maximum atomic E-state index is 12.5. The van der Waals surface area contributed by atoms with E-state index in [1.165, 1.54) is 33.7 Å². The predicted molar refractivity (Wildman–Crippen MR) is 132 cm³/mol. The summed E-state index contributed by atoms with van der Waals surface area (Å²) < 4.78 is 6.62. The van der Waals surface area contributed by atoms with Crippen LogP contribution in [0.1, 0.15) is 34.4 Å². The maximum absolute atomic E-state index is 12.5. The quantitative estimate of drug-likeness (QED) is 0.275. The minimum atomic E-state index is -0.576. The second-order valence-electron chi connectivity index (χ2n) is 7.33. The van der Waals surface area contributed by atoms with Gasteiger partial charge in [-0.3, -0.25) is 9.59 Å². The highest BCUT2D eigenvalue weighted by molar-refractivity contribution is 8.00. The van der Waals surface area contributed by atoms with Crippen molar-refractivity contribution in [2.45, 2.75) is 31.3 Å². The number of fused-ring (bicyclic) bond motifs is 1. The lowest BCUT2D eigenvalue weighted by atomic mass is 10.2. The summed E-state index contributed by atoms with van der Waals surface area (Å²) in [6.45, 7) is 1.90. The largest absolute Gasteiger partial charge is 0.456 e. The summed E-state index contributed by atoms with van der Waals surface area (Å²) in [6.07, 6.45) is 1.69. The van der Waals surface area contributed by atoms with Crippen molar-refractivity contribution in [2.75, 3.05) is 11.1 Å². The topological polar surface area (TPSA) is 103 Å². The molecule has 0 atom stereocenters. The van der Waals surface area contributed by atoms with Gasteiger partial charge in [0.1, 0.15) is 11.6 Å². The van der Waals surface area contributed by atoms with Gasteiger partial charge in [-0.05, 0) is 36.8 Å². The van der Waals surface area contributed by atoms with Crippen LogP contribution in [0, 0.1) is 0 Å². The van der Waals surface area contributed by atoms with Gasteiger partial charge in [0.25, 0.3) is 5.56 Å². The molecule has 0 radical (unpaired) electrons. The number of nitrogens with zero attached hydrogens (tertiary/aromatic N) is 3. The van der Waals surface area contributed by atoms with Gasteiger partial charge in [0.15, 0.2) is 0 Å². The maximum Gasteiger partial charge on any atom is 0.338 e. The Morgan fingerprint density at radius 2 is 1.94 bits per heavy atom. The molecule has 1 N–H and O–H groups in total. The van der Waals surface area contributed by atoms with Crippen molar-refractivity contribution < 1.29 is 14.3 Å². The molecule has 4 aromatic rings. The standard InChI is InChI=1S/C24H22N4O4S2/c1-2-7-21-27-28-22(30)13-18(26-24(28)34-21)14-32-23(31)16-8-6-9-17(12-16)25-20(29)15-33-19-10-4-3-5-11-19/h3-6,8-13H,2,7,14-15H2,1H3,(H,25,29). The molecular weight excluding hydrogens is 472 g/mol. The minimum absolute atomic E-state index is 0.143. The Morgan fingerprint density at radius 1 is 1.12 bits per heavy atom.